The van der Waals surface area contributed by atoms with Gasteiger partial charge < -0.3 is 9.47 Å². The lowest BCUT2D eigenvalue weighted by Crippen LogP contribution is -2.31. The van der Waals surface area contributed by atoms with Crippen LogP contribution in [0.3, 0.4) is 0 Å². The lowest BCUT2D eigenvalue weighted by atomic mass is 9.85. The number of esters is 1. The predicted octanol–water partition coefficient (Wildman–Crippen LogP) is 5.20. The Morgan fingerprint density at radius 1 is 0.892 bits per heavy atom. The summed E-state index contributed by atoms with van der Waals surface area (Å²) in [6.45, 7) is -0.0298. The molecule has 9 nitrogen and oxygen atoms in total. The third-order valence-electron chi connectivity index (χ3n) is 6.40. The normalized spacial score (nSPS) is 18.4. The van der Waals surface area contributed by atoms with Crippen molar-refractivity contribution in [2.75, 3.05) is 4.90 Å². The first-order chi connectivity index (χ1) is 17.9. The number of nitro benzene ring substituents is 1. The van der Waals surface area contributed by atoms with Crippen molar-refractivity contribution in [1.29, 1.82) is 0 Å². The van der Waals surface area contributed by atoms with Gasteiger partial charge in [0.1, 0.15) is 18.1 Å². The maximum Gasteiger partial charge on any atom is 0.338 e. The number of rotatable bonds is 7. The number of nitro groups is 1. The second-order valence-electron chi connectivity index (χ2n) is 8.79. The van der Waals surface area contributed by atoms with E-state index in [1.54, 1.807) is 42.5 Å². The summed E-state index contributed by atoms with van der Waals surface area (Å²) in [5, 5.41) is 10.8. The van der Waals surface area contributed by atoms with Crippen molar-refractivity contribution in [2.24, 2.45) is 11.8 Å². The molecule has 186 valence electrons. The number of non-ortho nitro benzene ring substituents is 1. The highest BCUT2D eigenvalue weighted by atomic mass is 16.6. The topological polar surface area (TPSA) is 116 Å². The number of allylic oxidation sites excluding steroid dienone is 2. The van der Waals surface area contributed by atoms with E-state index in [0.717, 1.165) is 0 Å². The molecule has 0 aromatic heterocycles. The molecule has 0 spiro atoms. The predicted molar refractivity (Wildman–Crippen MR) is 133 cm³/mol. The SMILES string of the molecule is O=C(OCc1cccc(Oc2ccc([N+](=O)[O-])cc2)c1)c1cccc(N2C(=O)[C@H]3CC=CC[C@@H]3C2=O)c1. The Kier molecular flexibility index (Phi) is 6.51. The van der Waals surface area contributed by atoms with E-state index in [-0.39, 0.29) is 41.5 Å². The van der Waals surface area contributed by atoms with Gasteiger partial charge in [-0.3, -0.25) is 24.6 Å². The fraction of sp³-hybridized carbons (Fsp3) is 0.179. The summed E-state index contributed by atoms with van der Waals surface area (Å²) >= 11 is 0. The van der Waals surface area contributed by atoms with Gasteiger partial charge in [-0.15, -0.1) is 0 Å². The van der Waals surface area contributed by atoms with Gasteiger partial charge in [0.2, 0.25) is 11.8 Å². The molecule has 2 aliphatic rings. The molecule has 0 unspecified atom stereocenters. The van der Waals surface area contributed by atoms with Crippen molar-refractivity contribution in [1.82, 2.24) is 0 Å². The van der Waals surface area contributed by atoms with Crippen molar-refractivity contribution in [3.63, 3.8) is 0 Å². The van der Waals surface area contributed by atoms with Crippen LogP contribution in [0.4, 0.5) is 11.4 Å². The summed E-state index contributed by atoms with van der Waals surface area (Å²) in [4.78, 5) is 50.0. The molecular formula is C28H22N2O7. The van der Waals surface area contributed by atoms with Crippen LogP contribution in [0.1, 0.15) is 28.8 Å². The number of hydrogen-bond donors (Lipinski definition) is 0. The van der Waals surface area contributed by atoms with Gasteiger partial charge in [-0.25, -0.2) is 4.79 Å². The molecule has 37 heavy (non-hydrogen) atoms. The lowest BCUT2D eigenvalue weighted by molar-refractivity contribution is -0.384. The molecule has 1 saturated heterocycles. The summed E-state index contributed by atoms with van der Waals surface area (Å²) < 4.78 is 11.2. The summed E-state index contributed by atoms with van der Waals surface area (Å²) in [5.74, 6) is -0.877. The van der Waals surface area contributed by atoms with Gasteiger partial charge in [0.25, 0.3) is 5.69 Å². The zero-order valence-corrected chi connectivity index (χ0v) is 19.6. The van der Waals surface area contributed by atoms with E-state index < -0.39 is 10.9 Å². The summed E-state index contributed by atoms with van der Waals surface area (Å²) in [6, 6.07) is 18.9. The molecule has 0 N–H and O–H groups in total. The van der Waals surface area contributed by atoms with E-state index in [1.165, 1.54) is 35.2 Å². The molecule has 1 fully saturated rings. The molecule has 0 radical (unpaired) electrons. The highest BCUT2D eigenvalue weighted by Gasteiger charge is 2.47. The molecule has 0 saturated carbocycles. The molecule has 1 aliphatic carbocycles. The number of anilines is 1. The van der Waals surface area contributed by atoms with Crippen LogP contribution < -0.4 is 9.64 Å². The molecule has 9 heteroatoms. The van der Waals surface area contributed by atoms with E-state index >= 15 is 0 Å². The molecular weight excluding hydrogens is 476 g/mol. The van der Waals surface area contributed by atoms with Crippen LogP contribution in [-0.2, 0) is 20.9 Å². The molecule has 0 bridgehead atoms. The van der Waals surface area contributed by atoms with Gasteiger partial charge in [0, 0.05) is 12.1 Å². The van der Waals surface area contributed by atoms with Gasteiger partial charge in [-0.2, -0.15) is 0 Å². The third-order valence-corrected chi connectivity index (χ3v) is 6.40. The molecule has 2 atom stereocenters. The standard InChI is InChI=1S/C28H22N2O7/c31-26-24-9-1-2-10-25(24)27(32)29(26)21-7-4-6-19(16-21)28(33)36-17-18-5-3-8-23(15-18)37-22-13-11-20(12-14-22)30(34)35/h1-8,11-16,24-25H,9-10,17H2/t24-,25-/m0/s1. The van der Waals surface area contributed by atoms with E-state index in [4.69, 9.17) is 9.47 Å². The van der Waals surface area contributed by atoms with E-state index in [0.29, 0.717) is 35.6 Å². The number of hydrogen-bond acceptors (Lipinski definition) is 7. The van der Waals surface area contributed by atoms with E-state index in [9.17, 15) is 24.5 Å². The summed E-state index contributed by atoms with van der Waals surface area (Å²) in [6.07, 6.45) is 4.94. The fourth-order valence-corrected chi connectivity index (χ4v) is 4.53. The number of fused-ring (bicyclic) bond motifs is 1. The van der Waals surface area contributed by atoms with E-state index in [2.05, 4.69) is 0 Å². The number of nitrogens with zero attached hydrogens (tertiary/aromatic N) is 2. The minimum atomic E-state index is -0.596. The Bertz CT molecular complexity index is 1390. The van der Waals surface area contributed by atoms with Crippen LogP contribution in [0.15, 0.2) is 84.9 Å². The Morgan fingerprint density at radius 3 is 2.24 bits per heavy atom. The van der Waals surface area contributed by atoms with Crippen LogP contribution in [0.25, 0.3) is 0 Å². The third kappa shape index (κ3) is 4.97. The van der Waals surface area contributed by atoms with Crippen molar-refractivity contribution in [3.8, 4) is 11.5 Å². The maximum absolute atomic E-state index is 12.9. The quantitative estimate of drug-likeness (QED) is 0.145. The van der Waals surface area contributed by atoms with Gasteiger partial charge >= 0.3 is 5.97 Å². The Balaban J connectivity index is 1.23. The maximum atomic E-state index is 12.9. The molecule has 3 aromatic rings. The minimum Gasteiger partial charge on any atom is -0.457 e. The first-order valence-corrected chi connectivity index (χ1v) is 11.7. The van der Waals surface area contributed by atoms with Crippen molar-refractivity contribution >= 4 is 29.2 Å². The minimum absolute atomic E-state index is 0.0298. The monoisotopic (exact) mass is 498 g/mol. The Labute approximate surface area is 212 Å². The van der Waals surface area contributed by atoms with Crippen molar-refractivity contribution in [3.05, 3.63) is 106 Å². The average molecular weight is 498 g/mol. The molecule has 2 amide bonds. The number of imide groups is 1. The second-order valence-corrected chi connectivity index (χ2v) is 8.79. The second kappa shape index (κ2) is 10.1. The van der Waals surface area contributed by atoms with Gasteiger partial charge in [0.15, 0.2) is 0 Å². The molecule has 1 heterocycles. The van der Waals surface area contributed by atoms with Gasteiger partial charge in [-0.05, 0) is 60.9 Å². The zero-order valence-electron chi connectivity index (χ0n) is 19.6. The number of carbonyl (C=O) groups is 3. The Morgan fingerprint density at radius 2 is 1.57 bits per heavy atom. The zero-order chi connectivity index (χ0) is 25.9. The van der Waals surface area contributed by atoms with Crippen molar-refractivity contribution in [2.45, 2.75) is 19.4 Å². The summed E-state index contributed by atoms with van der Waals surface area (Å²) in [5.41, 5.74) is 1.22. The lowest BCUT2D eigenvalue weighted by Gasteiger charge is -2.15. The van der Waals surface area contributed by atoms with Crippen molar-refractivity contribution < 1.29 is 28.8 Å². The fourth-order valence-electron chi connectivity index (χ4n) is 4.53. The Hall–Kier alpha value is -4.79. The van der Waals surface area contributed by atoms with Crippen LogP contribution in [-0.4, -0.2) is 22.7 Å². The van der Waals surface area contributed by atoms with Crippen LogP contribution in [0.2, 0.25) is 0 Å². The molecule has 5 rings (SSSR count). The van der Waals surface area contributed by atoms with Gasteiger partial charge in [0.05, 0.1) is 28.0 Å². The van der Waals surface area contributed by atoms with Crippen LogP contribution in [0, 0.1) is 22.0 Å². The smallest absolute Gasteiger partial charge is 0.338 e. The number of benzene rings is 3. The van der Waals surface area contributed by atoms with Crippen LogP contribution in [0.5, 0.6) is 11.5 Å². The molecule has 1 aliphatic heterocycles. The average Bonchev–Trinajstić information content (AvgIpc) is 3.17. The van der Waals surface area contributed by atoms with Gasteiger partial charge in [-0.1, -0.05) is 30.4 Å². The highest BCUT2D eigenvalue weighted by molar-refractivity contribution is 6.22. The number of ether oxygens (including phenoxy) is 2. The summed E-state index contributed by atoms with van der Waals surface area (Å²) in [7, 11) is 0. The number of carbonyl (C=O) groups excluding carboxylic acids is 3. The molecule has 3 aromatic carbocycles. The van der Waals surface area contributed by atoms with Crippen LogP contribution >= 0.6 is 0 Å². The first kappa shape index (κ1) is 23.9. The largest absolute Gasteiger partial charge is 0.457 e. The van der Waals surface area contributed by atoms with E-state index in [1.807, 2.05) is 12.2 Å². The highest BCUT2D eigenvalue weighted by Crippen LogP contribution is 2.37. The number of amides is 2. The first-order valence-electron chi connectivity index (χ1n) is 11.7.